The highest BCUT2D eigenvalue weighted by Crippen LogP contribution is 2.45. The van der Waals surface area contributed by atoms with Gasteiger partial charge in [-0.2, -0.15) is 0 Å². The summed E-state index contributed by atoms with van der Waals surface area (Å²) >= 11 is 0. The fraction of sp³-hybridized carbons (Fsp3) is 0.933. The summed E-state index contributed by atoms with van der Waals surface area (Å²) in [5.74, 6) is 1.01. The number of amides is 1. The Bertz CT molecular complexity index is 339. The van der Waals surface area contributed by atoms with Crippen LogP contribution in [-0.4, -0.2) is 50.2 Å². The first-order chi connectivity index (χ1) is 9.26. The molecule has 1 amide bonds. The van der Waals surface area contributed by atoms with Crippen LogP contribution in [0.15, 0.2) is 0 Å². The van der Waals surface area contributed by atoms with Crippen molar-refractivity contribution in [3.63, 3.8) is 0 Å². The van der Waals surface area contributed by atoms with Crippen molar-refractivity contribution < 1.29 is 9.53 Å². The van der Waals surface area contributed by atoms with Crippen molar-refractivity contribution in [3.8, 4) is 0 Å². The number of rotatable bonds is 2. The van der Waals surface area contributed by atoms with Crippen LogP contribution >= 0.6 is 0 Å². The van der Waals surface area contributed by atoms with E-state index in [9.17, 15) is 4.79 Å². The summed E-state index contributed by atoms with van der Waals surface area (Å²) in [5, 5.41) is 3.47. The van der Waals surface area contributed by atoms with Gasteiger partial charge in [0.15, 0.2) is 0 Å². The van der Waals surface area contributed by atoms with Crippen molar-refractivity contribution in [1.82, 2.24) is 10.2 Å². The number of carbonyl (C=O) groups excluding carboxylic acids is 1. The summed E-state index contributed by atoms with van der Waals surface area (Å²) in [6.45, 7) is 3.71. The molecule has 0 bridgehead atoms. The average molecular weight is 266 g/mol. The molecule has 0 radical (unpaired) electrons. The summed E-state index contributed by atoms with van der Waals surface area (Å²) in [5.41, 5.74) is -0.0713. The van der Waals surface area contributed by atoms with Gasteiger partial charge < -0.3 is 15.0 Å². The molecule has 2 heterocycles. The minimum Gasteiger partial charge on any atom is -0.381 e. The third-order valence-corrected chi connectivity index (χ3v) is 5.53. The first-order valence-corrected chi connectivity index (χ1v) is 7.79. The summed E-state index contributed by atoms with van der Waals surface area (Å²) in [7, 11) is 1.78. The lowest BCUT2D eigenvalue weighted by Gasteiger charge is -2.42. The summed E-state index contributed by atoms with van der Waals surface area (Å²) < 4.78 is 5.40. The number of hydrogen-bond donors (Lipinski definition) is 1. The third kappa shape index (κ3) is 2.29. The van der Waals surface area contributed by atoms with Gasteiger partial charge in [0.05, 0.1) is 11.5 Å². The smallest absolute Gasteiger partial charge is 0.230 e. The maximum Gasteiger partial charge on any atom is 0.230 e. The Labute approximate surface area is 115 Å². The normalized spacial score (nSPS) is 36.3. The number of nitrogens with one attached hydrogen (secondary N) is 1. The largest absolute Gasteiger partial charge is 0.381 e. The standard InChI is InChI=1S/C15H26N2O2/c1-19-13-5-8-17(9-6-13)14(18)15-7-3-2-4-12(15)10-16-11-15/h12-13,16H,2-11H2,1H3/t12-,15+/m0/s1. The number of likely N-dealkylation sites (tertiary alicyclic amines) is 1. The number of ether oxygens (including phenoxy) is 1. The molecule has 0 aromatic rings. The molecule has 2 aliphatic heterocycles. The van der Waals surface area contributed by atoms with E-state index in [0.717, 1.165) is 45.4 Å². The highest BCUT2D eigenvalue weighted by Gasteiger charge is 2.51. The fourth-order valence-electron chi connectivity index (χ4n) is 4.28. The Morgan fingerprint density at radius 1 is 1.26 bits per heavy atom. The molecule has 1 N–H and O–H groups in total. The molecule has 0 spiro atoms. The molecule has 4 nitrogen and oxygen atoms in total. The number of carbonyl (C=O) groups is 1. The Balaban J connectivity index is 1.69. The number of hydrogen-bond acceptors (Lipinski definition) is 3. The van der Waals surface area contributed by atoms with Crippen molar-refractivity contribution in [2.75, 3.05) is 33.3 Å². The van der Waals surface area contributed by atoms with E-state index in [1.54, 1.807) is 7.11 Å². The second-order valence-electron chi connectivity index (χ2n) is 6.46. The lowest BCUT2D eigenvalue weighted by atomic mass is 9.67. The van der Waals surface area contributed by atoms with E-state index in [1.165, 1.54) is 19.3 Å². The maximum absolute atomic E-state index is 13.0. The minimum absolute atomic E-state index is 0.0713. The number of fused-ring (bicyclic) bond motifs is 1. The van der Waals surface area contributed by atoms with Crippen molar-refractivity contribution in [3.05, 3.63) is 0 Å². The van der Waals surface area contributed by atoms with Crippen LogP contribution in [0, 0.1) is 11.3 Å². The lowest BCUT2D eigenvalue weighted by molar-refractivity contribution is -0.147. The van der Waals surface area contributed by atoms with Crippen LogP contribution in [0.25, 0.3) is 0 Å². The van der Waals surface area contributed by atoms with Gasteiger partial charge in [0.1, 0.15) is 0 Å². The van der Waals surface area contributed by atoms with E-state index in [1.807, 2.05) is 0 Å². The SMILES string of the molecule is COC1CCN(C(=O)[C@@]23CCCC[C@H]2CNC3)CC1. The summed E-state index contributed by atoms with van der Waals surface area (Å²) in [4.78, 5) is 15.1. The molecule has 1 saturated carbocycles. The van der Waals surface area contributed by atoms with Crippen LogP contribution in [0.2, 0.25) is 0 Å². The molecule has 2 atom stereocenters. The number of nitrogens with zero attached hydrogens (tertiary/aromatic N) is 1. The monoisotopic (exact) mass is 266 g/mol. The number of methoxy groups -OCH3 is 1. The maximum atomic E-state index is 13.0. The molecule has 0 aromatic carbocycles. The second kappa shape index (κ2) is 5.41. The van der Waals surface area contributed by atoms with E-state index in [-0.39, 0.29) is 5.41 Å². The molecule has 0 unspecified atom stereocenters. The number of piperidine rings is 1. The van der Waals surface area contributed by atoms with E-state index in [2.05, 4.69) is 10.2 Å². The van der Waals surface area contributed by atoms with Crippen LogP contribution in [0.4, 0.5) is 0 Å². The summed E-state index contributed by atoms with van der Waals surface area (Å²) in [6, 6.07) is 0. The zero-order valence-corrected chi connectivity index (χ0v) is 12.0. The highest BCUT2D eigenvalue weighted by atomic mass is 16.5. The Morgan fingerprint density at radius 2 is 2.05 bits per heavy atom. The highest BCUT2D eigenvalue weighted by molar-refractivity contribution is 5.84. The van der Waals surface area contributed by atoms with Gasteiger partial charge >= 0.3 is 0 Å². The van der Waals surface area contributed by atoms with Crippen LogP contribution in [-0.2, 0) is 9.53 Å². The predicted molar refractivity (Wildman–Crippen MR) is 73.9 cm³/mol. The molecule has 0 aromatic heterocycles. The van der Waals surface area contributed by atoms with Gasteiger partial charge in [0.2, 0.25) is 5.91 Å². The molecule has 19 heavy (non-hydrogen) atoms. The Hall–Kier alpha value is -0.610. The molecule has 108 valence electrons. The molecule has 3 rings (SSSR count). The van der Waals surface area contributed by atoms with Crippen LogP contribution in [0.1, 0.15) is 38.5 Å². The van der Waals surface area contributed by atoms with E-state index >= 15 is 0 Å². The second-order valence-corrected chi connectivity index (χ2v) is 6.46. The average Bonchev–Trinajstić information content (AvgIpc) is 2.91. The minimum atomic E-state index is -0.0713. The Morgan fingerprint density at radius 3 is 2.79 bits per heavy atom. The molecule has 3 fully saturated rings. The molecule has 3 aliphatic rings. The third-order valence-electron chi connectivity index (χ3n) is 5.53. The van der Waals surface area contributed by atoms with Gasteiger partial charge in [0.25, 0.3) is 0 Å². The van der Waals surface area contributed by atoms with E-state index < -0.39 is 0 Å². The molecule has 4 heteroatoms. The molecule has 2 saturated heterocycles. The topological polar surface area (TPSA) is 41.6 Å². The Kier molecular flexibility index (Phi) is 3.81. The molecular weight excluding hydrogens is 240 g/mol. The predicted octanol–water partition coefficient (Wildman–Crippen LogP) is 1.40. The first kappa shape index (κ1) is 13.4. The van der Waals surface area contributed by atoms with Gasteiger partial charge in [-0.15, -0.1) is 0 Å². The quantitative estimate of drug-likeness (QED) is 0.821. The van der Waals surface area contributed by atoms with Crippen LogP contribution in [0.5, 0.6) is 0 Å². The lowest BCUT2D eigenvalue weighted by Crippen LogP contribution is -2.52. The van der Waals surface area contributed by atoms with Gasteiger partial charge in [-0.3, -0.25) is 4.79 Å². The van der Waals surface area contributed by atoms with Gasteiger partial charge in [-0.25, -0.2) is 0 Å². The molecule has 1 aliphatic carbocycles. The van der Waals surface area contributed by atoms with Gasteiger partial charge in [-0.1, -0.05) is 12.8 Å². The molecular formula is C15H26N2O2. The fourth-order valence-corrected chi connectivity index (χ4v) is 4.28. The van der Waals surface area contributed by atoms with E-state index in [0.29, 0.717) is 17.9 Å². The zero-order chi connectivity index (χ0) is 13.3. The first-order valence-electron chi connectivity index (χ1n) is 7.79. The van der Waals surface area contributed by atoms with Gasteiger partial charge in [-0.05, 0) is 38.1 Å². The van der Waals surface area contributed by atoms with Crippen molar-refractivity contribution in [2.45, 2.75) is 44.6 Å². The van der Waals surface area contributed by atoms with Crippen molar-refractivity contribution >= 4 is 5.91 Å². The van der Waals surface area contributed by atoms with Crippen molar-refractivity contribution in [1.29, 1.82) is 0 Å². The van der Waals surface area contributed by atoms with Crippen LogP contribution in [0.3, 0.4) is 0 Å². The van der Waals surface area contributed by atoms with Crippen molar-refractivity contribution in [2.24, 2.45) is 11.3 Å². The zero-order valence-electron chi connectivity index (χ0n) is 12.0. The van der Waals surface area contributed by atoms with E-state index in [4.69, 9.17) is 4.74 Å². The summed E-state index contributed by atoms with van der Waals surface area (Å²) in [6.07, 6.45) is 7.18. The van der Waals surface area contributed by atoms with Crippen LogP contribution < -0.4 is 5.32 Å². The van der Waals surface area contributed by atoms with Gasteiger partial charge in [0, 0.05) is 26.7 Å².